The number of nitrogens with zero attached hydrogens (tertiary/aromatic N) is 5. The lowest BCUT2D eigenvalue weighted by molar-refractivity contribution is -0.141. The molecule has 35 heavy (non-hydrogen) atoms. The van der Waals surface area contributed by atoms with Crippen LogP contribution in [0, 0.1) is 0 Å². The molecule has 1 aromatic carbocycles. The lowest BCUT2D eigenvalue weighted by Gasteiger charge is -2.34. The summed E-state index contributed by atoms with van der Waals surface area (Å²) in [6, 6.07) is 7.91. The number of hydrogen-bond donors (Lipinski definition) is 2. The molecule has 0 spiro atoms. The number of nitrogens with one attached hydrogen (secondary N) is 1. The van der Waals surface area contributed by atoms with E-state index in [0.717, 1.165) is 12.1 Å². The first-order chi connectivity index (χ1) is 16.6. The van der Waals surface area contributed by atoms with E-state index < -0.39 is 23.7 Å². The van der Waals surface area contributed by atoms with Gasteiger partial charge in [0.25, 0.3) is 5.91 Å². The van der Waals surface area contributed by atoms with Crippen molar-refractivity contribution in [1.82, 2.24) is 24.6 Å². The predicted molar refractivity (Wildman–Crippen MR) is 119 cm³/mol. The molecule has 1 fully saturated rings. The van der Waals surface area contributed by atoms with Gasteiger partial charge in [-0.1, -0.05) is 6.07 Å². The summed E-state index contributed by atoms with van der Waals surface area (Å²) in [4.78, 5) is 43.0. The molecule has 0 unspecified atom stereocenters. The third kappa shape index (κ3) is 5.93. The van der Waals surface area contributed by atoms with Crippen LogP contribution < -0.4 is 11.1 Å². The number of halogens is 3. The van der Waals surface area contributed by atoms with E-state index in [1.165, 1.54) is 10.7 Å². The monoisotopic (exact) mass is 489 g/mol. The quantitative estimate of drug-likeness (QED) is 0.538. The van der Waals surface area contributed by atoms with Gasteiger partial charge in [0.05, 0.1) is 12.1 Å². The maximum atomic E-state index is 12.9. The van der Waals surface area contributed by atoms with Gasteiger partial charge in [0.15, 0.2) is 0 Å². The number of anilines is 1. The number of fused-ring (bicyclic) bond motifs is 1. The summed E-state index contributed by atoms with van der Waals surface area (Å²) in [7, 11) is 0. The van der Waals surface area contributed by atoms with Crippen LogP contribution in [-0.4, -0.2) is 75.0 Å². The van der Waals surface area contributed by atoms with Crippen molar-refractivity contribution >= 4 is 34.3 Å². The molecule has 3 heterocycles. The summed E-state index contributed by atoms with van der Waals surface area (Å²) in [5.41, 5.74) is 4.62. The highest BCUT2D eigenvalue weighted by Gasteiger charge is 2.33. The lowest BCUT2D eigenvalue weighted by Crippen LogP contribution is -2.51. The molecule has 3 amide bonds. The van der Waals surface area contributed by atoms with Crippen molar-refractivity contribution < 1.29 is 27.6 Å². The van der Waals surface area contributed by atoms with E-state index in [9.17, 15) is 27.6 Å². The van der Waals surface area contributed by atoms with Crippen LogP contribution in [0.5, 0.6) is 0 Å². The van der Waals surface area contributed by atoms with E-state index in [2.05, 4.69) is 15.4 Å². The van der Waals surface area contributed by atoms with Gasteiger partial charge in [-0.05, 0) is 30.3 Å². The average molecular weight is 489 g/mol. The lowest BCUT2D eigenvalue weighted by atomic mass is 10.2. The molecule has 3 N–H and O–H groups in total. The molecule has 13 heteroatoms. The third-order valence-electron chi connectivity index (χ3n) is 5.48. The summed E-state index contributed by atoms with van der Waals surface area (Å²) >= 11 is 0. The summed E-state index contributed by atoms with van der Waals surface area (Å²) in [6.45, 7) is 2.24. The van der Waals surface area contributed by atoms with Crippen LogP contribution in [0.15, 0.2) is 42.6 Å². The van der Waals surface area contributed by atoms with Crippen molar-refractivity contribution in [2.45, 2.75) is 12.7 Å². The number of primary amides is 1. The second-order valence-electron chi connectivity index (χ2n) is 8.08. The zero-order chi connectivity index (χ0) is 25.2. The van der Waals surface area contributed by atoms with Crippen LogP contribution in [0.25, 0.3) is 10.9 Å². The maximum Gasteiger partial charge on any atom is 0.433 e. The molecule has 0 atom stereocenters. The molecule has 0 aliphatic carbocycles. The van der Waals surface area contributed by atoms with Crippen LogP contribution in [-0.2, 0) is 22.3 Å². The number of rotatable bonds is 6. The molecule has 4 rings (SSSR count). The number of benzene rings is 1. The molecule has 0 bridgehead atoms. The van der Waals surface area contributed by atoms with Gasteiger partial charge < -0.3 is 16.0 Å². The Kier molecular flexibility index (Phi) is 6.69. The Morgan fingerprint density at radius 3 is 2.46 bits per heavy atom. The van der Waals surface area contributed by atoms with Gasteiger partial charge in [0.1, 0.15) is 17.9 Å². The first-order valence-electron chi connectivity index (χ1n) is 10.7. The minimum absolute atomic E-state index is 0.0142. The maximum absolute atomic E-state index is 12.9. The topological polar surface area (TPSA) is 126 Å². The van der Waals surface area contributed by atoms with Crippen LogP contribution in [0.1, 0.15) is 16.2 Å². The van der Waals surface area contributed by atoms with E-state index in [1.807, 2.05) is 4.90 Å². The first kappa shape index (κ1) is 24.1. The number of pyridine rings is 1. The van der Waals surface area contributed by atoms with E-state index in [4.69, 9.17) is 5.73 Å². The predicted octanol–water partition coefficient (Wildman–Crippen LogP) is 1.33. The zero-order valence-corrected chi connectivity index (χ0v) is 18.5. The second-order valence-corrected chi connectivity index (χ2v) is 8.08. The summed E-state index contributed by atoms with van der Waals surface area (Å²) in [6.07, 6.45) is -3.01. The number of amides is 3. The Balaban J connectivity index is 1.39. The summed E-state index contributed by atoms with van der Waals surface area (Å²) < 4.78 is 40.1. The van der Waals surface area contributed by atoms with Gasteiger partial charge in [-0.25, -0.2) is 4.98 Å². The highest BCUT2D eigenvalue weighted by molar-refractivity contribution is 6.03. The fourth-order valence-electron chi connectivity index (χ4n) is 3.76. The molecule has 1 aliphatic heterocycles. The molecule has 0 saturated carbocycles. The minimum atomic E-state index is -4.65. The number of piperazine rings is 1. The van der Waals surface area contributed by atoms with Crippen molar-refractivity contribution in [3.8, 4) is 0 Å². The van der Waals surface area contributed by atoms with E-state index in [1.54, 1.807) is 29.3 Å². The summed E-state index contributed by atoms with van der Waals surface area (Å²) in [5.74, 6) is -1.32. The second kappa shape index (κ2) is 9.70. The highest BCUT2D eigenvalue weighted by Crippen LogP contribution is 2.27. The number of alkyl halides is 3. The molecule has 2 aromatic heterocycles. The van der Waals surface area contributed by atoms with Crippen LogP contribution in [0.2, 0.25) is 0 Å². The SMILES string of the molecule is NC(=O)CN1CCN(C(=O)Cn2cc3cc(NC(=O)c4cccc(C(F)(F)F)n4)ccc3n2)CC1. The number of hydrogen-bond acceptors (Lipinski definition) is 6. The molecule has 10 nitrogen and oxygen atoms in total. The molecular formula is C22H22F3N7O3. The molecule has 0 radical (unpaired) electrons. The number of aromatic nitrogens is 3. The Hall–Kier alpha value is -4.00. The van der Waals surface area contributed by atoms with Gasteiger partial charge in [-0.15, -0.1) is 0 Å². The molecule has 184 valence electrons. The average Bonchev–Trinajstić information content (AvgIpc) is 3.20. The van der Waals surface area contributed by atoms with Crippen LogP contribution >= 0.6 is 0 Å². The van der Waals surface area contributed by atoms with E-state index in [-0.39, 0.29) is 24.7 Å². The smallest absolute Gasteiger partial charge is 0.369 e. The highest BCUT2D eigenvalue weighted by atomic mass is 19.4. The van der Waals surface area contributed by atoms with Gasteiger partial charge in [0, 0.05) is 43.4 Å². The number of carbonyl (C=O) groups excluding carboxylic acids is 3. The standard InChI is InChI=1S/C22H22F3N7O3/c23-22(24,25)18-3-1-2-17(28-18)21(35)27-15-4-5-16-14(10-15)11-32(29-16)13-20(34)31-8-6-30(7-9-31)12-19(26)33/h1-5,10-11H,6-9,12-13H2,(H2,26,33)(H,27,35). The zero-order valence-electron chi connectivity index (χ0n) is 18.5. The fraction of sp³-hybridized carbons (Fsp3) is 0.318. The normalized spacial score (nSPS) is 14.8. The van der Waals surface area contributed by atoms with Gasteiger partial charge in [-0.2, -0.15) is 18.3 Å². The summed E-state index contributed by atoms with van der Waals surface area (Å²) in [5, 5.41) is 7.53. The molecule has 1 saturated heterocycles. The molecule has 3 aromatic rings. The Bertz CT molecular complexity index is 1270. The molecular weight excluding hydrogens is 467 g/mol. The minimum Gasteiger partial charge on any atom is -0.369 e. The Morgan fingerprint density at radius 2 is 1.77 bits per heavy atom. The van der Waals surface area contributed by atoms with Crippen molar-refractivity contribution in [2.75, 3.05) is 38.0 Å². The van der Waals surface area contributed by atoms with Crippen molar-refractivity contribution in [3.05, 3.63) is 54.0 Å². The van der Waals surface area contributed by atoms with E-state index in [0.29, 0.717) is 42.8 Å². The van der Waals surface area contributed by atoms with E-state index >= 15 is 0 Å². The van der Waals surface area contributed by atoms with Crippen molar-refractivity contribution in [1.29, 1.82) is 0 Å². The van der Waals surface area contributed by atoms with Crippen molar-refractivity contribution in [2.24, 2.45) is 5.73 Å². The van der Waals surface area contributed by atoms with Gasteiger partial charge >= 0.3 is 6.18 Å². The Morgan fingerprint density at radius 1 is 1.03 bits per heavy atom. The largest absolute Gasteiger partial charge is 0.433 e. The Labute approximate surface area is 197 Å². The first-order valence-corrected chi connectivity index (χ1v) is 10.7. The number of nitrogens with two attached hydrogens (primary N) is 1. The van der Waals surface area contributed by atoms with Gasteiger partial charge in [-0.3, -0.25) is 24.0 Å². The fourth-order valence-corrected chi connectivity index (χ4v) is 3.76. The van der Waals surface area contributed by atoms with Crippen molar-refractivity contribution in [3.63, 3.8) is 0 Å². The van der Waals surface area contributed by atoms with Crippen LogP contribution in [0.4, 0.5) is 18.9 Å². The molecule has 1 aliphatic rings. The number of carbonyl (C=O) groups is 3. The van der Waals surface area contributed by atoms with Crippen LogP contribution in [0.3, 0.4) is 0 Å². The third-order valence-corrected chi connectivity index (χ3v) is 5.48. The van der Waals surface area contributed by atoms with Gasteiger partial charge in [0.2, 0.25) is 11.8 Å².